The molecule has 0 bridgehead atoms. The summed E-state index contributed by atoms with van der Waals surface area (Å²) in [4.78, 5) is 0. The average molecular weight is 301 g/mol. The van der Waals surface area contributed by atoms with Crippen molar-refractivity contribution in [3.05, 3.63) is 0 Å². The van der Waals surface area contributed by atoms with Gasteiger partial charge in [-0.15, -0.1) is 0 Å². The molecular weight excluding hydrogens is 256 g/mol. The van der Waals surface area contributed by atoms with Crippen molar-refractivity contribution in [1.82, 2.24) is 0 Å². The summed E-state index contributed by atoms with van der Waals surface area (Å²) in [5.41, 5.74) is 0. The van der Waals surface area contributed by atoms with Gasteiger partial charge in [0.05, 0.1) is 0 Å². The van der Waals surface area contributed by atoms with Crippen LogP contribution >= 0.6 is 0 Å². The molecule has 0 aromatic carbocycles. The molecule has 0 aliphatic carbocycles. The van der Waals surface area contributed by atoms with Crippen molar-refractivity contribution in [1.29, 1.82) is 0 Å². The van der Waals surface area contributed by atoms with Gasteiger partial charge in [-0.3, -0.25) is 0 Å². The van der Waals surface area contributed by atoms with Crippen molar-refractivity contribution in [2.75, 3.05) is 6.61 Å². The van der Waals surface area contributed by atoms with Crippen molar-refractivity contribution in [2.24, 2.45) is 0 Å². The molecule has 0 aliphatic rings. The number of aliphatic hydroxyl groups excluding tert-OH is 1. The van der Waals surface area contributed by atoms with Crippen LogP contribution in [0.5, 0.6) is 0 Å². The Hall–Kier alpha value is -0.0400. The molecule has 21 heavy (non-hydrogen) atoms. The molecule has 0 aromatic heterocycles. The Morgan fingerprint density at radius 1 is 0.381 bits per heavy atom. The Morgan fingerprint density at radius 3 is 0.857 bits per heavy atom. The van der Waals surface area contributed by atoms with Crippen LogP contribution < -0.4 is 0 Å². The van der Waals surface area contributed by atoms with E-state index in [-0.39, 0.29) is 0 Å². The molecule has 0 saturated heterocycles. The summed E-state index contributed by atoms with van der Waals surface area (Å²) in [6.07, 6.45) is 21.9. The maximum absolute atomic E-state index is 8.42. The molecule has 0 amide bonds. The van der Waals surface area contributed by atoms with E-state index in [1.165, 1.54) is 96.3 Å². The zero-order valence-corrected chi connectivity index (χ0v) is 15.5. The van der Waals surface area contributed by atoms with Crippen LogP contribution in [0.2, 0.25) is 0 Å². The number of rotatable bonds is 15. The molecule has 0 fully saturated rings. The quantitative estimate of drug-likeness (QED) is 0.315. The standard InChI is InChI=1S/C12H26.C8H18O/c1-3-5-7-9-11-12-10-8-6-4-2;1-2-3-4-5-6-7-8-9/h3-12H2,1-2H3;9H,2-8H2,1H3. The van der Waals surface area contributed by atoms with Crippen LogP contribution in [-0.2, 0) is 0 Å². The van der Waals surface area contributed by atoms with Gasteiger partial charge in [-0.1, -0.05) is 117 Å². The molecule has 0 atom stereocenters. The van der Waals surface area contributed by atoms with Gasteiger partial charge >= 0.3 is 0 Å². The first-order valence-corrected chi connectivity index (χ1v) is 9.94. The Balaban J connectivity index is 0. The monoisotopic (exact) mass is 300 g/mol. The van der Waals surface area contributed by atoms with Gasteiger partial charge in [0.15, 0.2) is 0 Å². The lowest BCUT2D eigenvalue weighted by Gasteiger charge is -1.99. The van der Waals surface area contributed by atoms with Crippen molar-refractivity contribution in [2.45, 2.75) is 124 Å². The fourth-order valence-corrected chi connectivity index (χ4v) is 2.45. The molecule has 1 heteroatoms. The first-order valence-electron chi connectivity index (χ1n) is 9.94. The predicted octanol–water partition coefficient (Wildman–Crippen LogP) is 7.27. The molecule has 0 aliphatic heterocycles. The minimum Gasteiger partial charge on any atom is -0.396 e. The van der Waals surface area contributed by atoms with Gasteiger partial charge in [-0.05, 0) is 6.42 Å². The second-order valence-electron chi connectivity index (χ2n) is 6.32. The second-order valence-corrected chi connectivity index (χ2v) is 6.32. The van der Waals surface area contributed by atoms with E-state index in [0.29, 0.717) is 6.61 Å². The molecule has 0 heterocycles. The van der Waals surface area contributed by atoms with E-state index >= 15 is 0 Å². The zero-order valence-electron chi connectivity index (χ0n) is 15.5. The smallest absolute Gasteiger partial charge is 0.0431 e. The van der Waals surface area contributed by atoms with Gasteiger partial charge in [0, 0.05) is 6.61 Å². The molecular formula is C20H44O. The lowest BCUT2D eigenvalue weighted by Crippen LogP contribution is -1.82. The van der Waals surface area contributed by atoms with Crippen LogP contribution in [0.3, 0.4) is 0 Å². The van der Waals surface area contributed by atoms with Gasteiger partial charge in [0.2, 0.25) is 0 Å². The Morgan fingerprint density at radius 2 is 0.619 bits per heavy atom. The van der Waals surface area contributed by atoms with Crippen LogP contribution in [0.1, 0.15) is 124 Å². The summed E-state index contributed by atoms with van der Waals surface area (Å²) in [6, 6.07) is 0. The largest absolute Gasteiger partial charge is 0.396 e. The number of hydrogen-bond acceptors (Lipinski definition) is 1. The molecule has 1 N–H and O–H groups in total. The van der Waals surface area contributed by atoms with Crippen LogP contribution in [0.25, 0.3) is 0 Å². The van der Waals surface area contributed by atoms with Gasteiger partial charge in [0.25, 0.3) is 0 Å². The highest BCUT2D eigenvalue weighted by Crippen LogP contribution is 2.09. The predicted molar refractivity (Wildman–Crippen MR) is 98.0 cm³/mol. The maximum Gasteiger partial charge on any atom is 0.0431 e. The van der Waals surface area contributed by atoms with E-state index in [9.17, 15) is 0 Å². The highest BCUT2D eigenvalue weighted by Gasteiger charge is 1.90. The van der Waals surface area contributed by atoms with Gasteiger partial charge < -0.3 is 5.11 Å². The van der Waals surface area contributed by atoms with Crippen LogP contribution in [-0.4, -0.2) is 11.7 Å². The fourth-order valence-electron chi connectivity index (χ4n) is 2.45. The molecule has 0 spiro atoms. The van der Waals surface area contributed by atoms with Crippen molar-refractivity contribution in [3.8, 4) is 0 Å². The third kappa shape index (κ3) is 28.8. The molecule has 1 nitrogen and oxygen atoms in total. The van der Waals surface area contributed by atoms with Gasteiger partial charge in [0.1, 0.15) is 0 Å². The first-order chi connectivity index (χ1) is 10.3. The highest BCUT2D eigenvalue weighted by molar-refractivity contribution is 4.45. The third-order valence-electron chi connectivity index (χ3n) is 3.97. The minimum atomic E-state index is 0.367. The normalized spacial score (nSPS) is 10.3. The van der Waals surface area contributed by atoms with Crippen LogP contribution in [0.15, 0.2) is 0 Å². The van der Waals surface area contributed by atoms with Crippen molar-refractivity contribution >= 4 is 0 Å². The van der Waals surface area contributed by atoms with E-state index in [4.69, 9.17) is 5.11 Å². The minimum absolute atomic E-state index is 0.367. The summed E-state index contributed by atoms with van der Waals surface area (Å²) in [5.74, 6) is 0. The Bertz CT molecular complexity index is 129. The van der Waals surface area contributed by atoms with Crippen molar-refractivity contribution < 1.29 is 5.11 Å². The van der Waals surface area contributed by atoms with E-state index in [1.54, 1.807) is 0 Å². The van der Waals surface area contributed by atoms with Gasteiger partial charge in [-0.25, -0.2) is 0 Å². The number of unbranched alkanes of at least 4 members (excludes halogenated alkanes) is 14. The lowest BCUT2D eigenvalue weighted by atomic mass is 10.1. The first kappa shape index (κ1) is 23.2. The molecule has 0 rings (SSSR count). The second kappa shape index (κ2) is 24.9. The third-order valence-corrected chi connectivity index (χ3v) is 3.97. The summed E-state index contributed by atoms with van der Waals surface area (Å²) >= 11 is 0. The Labute approximate surface area is 135 Å². The van der Waals surface area contributed by atoms with E-state index in [2.05, 4.69) is 20.8 Å². The molecule has 0 saturated carbocycles. The molecule has 0 aromatic rings. The number of hydrogen-bond donors (Lipinski definition) is 1. The van der Waals surface area contributed by atoms with Gasteiger partial charge in [-0.2, -0.15) is 0 Å². The maximum atomic E-state index is 8.42. The summed E-state index contributed by atoms with van der Waals surface area (Å²) in [7, 11) is 0. The molecule has 130 valence electrons. The summed E-state index contributed by atoms with van der Waals surface area (Å²) < 4.78 is 0. The van der Waals surface area contributed by atoms with E-state index in [0.717, 1.165) is 6.42 Å². The highest BCUT2D eigenvalue weighted by atomic mass is 16.2. The topological polar surface area (TPSA) is 20.2 Å². The van der Waals surface area contributed by atoms with Crippen LogP contribution in [0, 0.1) is 0 Å². The summed E-state index contributed by atoms with van der Waals surface area (Å²) in [6.45, 7) is 7.14. The number of aliphatic hydroxyl groups is 1. The zero-order chi connectivity index (χ0) is 16.0. The van der Waals surface area contributed by atoms with E-state index < -0.39 is 0 Å². The average Bonchev–Trinajstić information content (AvgIpc) is 2.51. The Kier molecular flexibility index (Phi) is 27.6. The summed E-state index contributed by atoms with van der Waals surface area (Å²) in [5, 5.41) is 8.42. The SMILES string of the molecule is CCCCCCCCCCCC.CCCCCCCCO. The van der Waals surface area contributed by atoms with E-state index in [1.807, 2.05) is 0 Å². The molecule has 0 unspecified atom stereocenters. The lowest BCUT2D eigenvalue weighted by molar-refractivity contribution is 0.282. The van der Waals surface area contributed by atoms with Crippen molar-refractivity contribution in [3.63, 3.8) is 0 Å². The van der Waals surface area contributed by atoms with Crippen LogP contribution in [0.4, 0.5) is 0 Å². The fraction of sp³-hybridized carbons (Fsp3) is 1.00. The molecule has 0 radical (unpaired) electrons.